The molecule has 0 saturated carbocycles. The Hall–Kier alpha value is -2.57. The van der Waals surface area contributed by atoms with Crippen molar-refractivity contribution >= 4 is 17.8 Å². The molecule has 156 valence electrons. The molecule has 1 aromatic carbocycles. The standard InChI is InChI=1S/C21H31FN2O4/c1-9-23(18(25)27-20(3,4)5)24(19(26)28-21(6,7)8)14-15(2)16-10-12-17(22)13-11-16/h10-13H,2,9,14H2,1,3-8H3. The van der Waals surface area contributed by atoms with Gasteiger partial charge in [-0.05, 0) is 71.7 Å². The summed E-state index contributed by atoms with van der Waals surface area (Å²) in [5.74, 6) is -0.371. The van der Waals surface area contributed by atoms with Crippen molar-refractivity contribution in [1.29, 1.82) is 0 Å². The van der Waals surface area contributed by atoms with Gasteiger partial charge in [-0.3, -0.25) is 0 Å². The topological polar surface area (TPSA) is 59.1 Å². The van der Waals surface area contributed by atoms with Gasteiger partial charge in [-0.15, -0.1) is 0 Å². The molecule has 0 fully saturated rings. The molecule has 0 aromatic heterocycles. The number of nitrogens with zero attached hydrogens (tertiary/aromatic N) is 2. The van der Waals surface area contributed by atoms with Crippen LogP contribution in [0, 0.1) is 5.82 Å². The number of carbonyl (C=O) groups excluding carboxylic acids is 2. The minimum atomic E-state index is -0.750. The van der Waals surface area contributed by atoms with Crippen molar-refractivity contribution in [3.05, 3.63) is 42.2 Å². The summed E-state index contributed by atoms with van der Waals surface area (Å²) in [7, 11) is 0. The maximum atomic E-state index is 13.2. The molecule has 0 atom stereocenters. The molecule has 1 rings (SSSR count). The molecule has 0 heterocycles. The molecular weight excluding hydrogens is 363 g/mol. The summed E-state index contributed by atoms with van der Waals surface area (Å²) in [6, 6.07) is 5.75. The van der Waals surface area contributed by atoms with E-state index < -0.39 is 23.4 Å². The highest BCUT2D eigenvalue weighted by atomic mass is 19.1. The zero-order valence-electron chi connectivity index (χ0n) is 17.8. The monoisotopic (exact) mass is 394 g/mol. The van der Waals surface area contributed by atoms with Crippen LogP contribution in [-0.4, -0.2) is 46.5 Å². The lowest BCUT2D eigenvalue weighted by molar-refractivity contribution is -0.0557. The Morgan fingerprint density at radius 3 is 1.75 bits per heavy atom. The number of hydrazine groups is 1. The van der Waals surface area contributed by atoms with Crippen molar-refractivity contribution in [3.8, 4) is 0 Å². The highest BCUT2D eigenvalue weighted by molar-refractivity contribution is 5.77. The van der Waals surface area contributed by atoms with Crippen LogP contribution in [0.3, 0.4) is 0 Å². The number of ether oxygens (including phenoxy) is 2. The first-order chi connectivity index (χ1) is 12.7. The summed E-state index contributed by atoms with van der Waals surface area (Å²) in [6.45, 7) is 16.3. The Bertz CT molecular complexity index is 703. The van der Waals surface area contributed by atoms with Gasteiger partial charge in [0.2, 0.25) is 0 Å². The molecule has 0 aliphatic heterocycles. The van der Waals surface area contributed by atoms with E-state index in [2.05, 4.69) is 6.58 Å². The maximum Gasteiger partial charge on any atom is 0.429 e. The lowest BCUT2D eigenvalue weighted by Gasteiger charge is -2.36. The molecule has 0 radical (unpaired) electrons. The van der Waals surface area contributed by atoms with E-state index in [9.17, 15) is 14.0 Å². The first-order valence-corrected chi connectivity index (χ1v) is 9.18. The normalized spacial score (nSPS) is 11.6. The Labute approximate surface area is 166 Å². The molecular formula is C21H31FN2O4. The minimum Gasteiger partial charge on any atom is -0.442 e. The fourth-order valence-electron chi connectivity index (χ4n) is 2.23. The van der Waals surface area contributed by atoms with Crippen molar-refractivity contribution < 1.29 is 23.5 Å². The van der Waals surface area contributed by atoms with Crippen molar-refractivity contribution in [1.82, 2.24) is 10.0 Å². The van der Waals surface area contributed by atoms with Crippen LogP contribution in [0.25, 0.3) is 5.57 Å². The number of rotatable bonds is 4. The molecule has 0 aliphatic carbocycles. The Balaban J connectivity index is 3.15. The summed E-state index contributed by atoms with van der Waals surface area (Å²) in [4.78, 5) is 25.4. The summed E-state index contributed by atoms with van der Waals surface area (Å²) in [5, 5.41) is 2.33. The molecule has 0 N–H and O–H groups in total. The third-order valence-corrected chi connectivity index (χ3v) is 3.39. The minimum absolute atomic E-state index is 0.0202. The smallest absolute Gasteiger partial charge is 0.429 e. The van der Waals surface area contributed by atoms with Crippen LogP contribution >= 0.6 is 0 Å². The van der Waals surface area contributed by atoms with Crippen LogP contribution in [0.15, 0.2) is 30.8 Å². The van der Waals surface area contributed by atoms with Gasteiger partial charge in [-0.25, -0.2) is 24.0 Å². The van der Waals surface area contributed by atoms with Crippen LogP contribution < -0.4 is 0 Å². The third kappa shape index (κ3) is 7.58. The predicted octanol–water partition coefficient (Wildman–Crippen LogP) is 5.25. The number of benzene rings is 1. The van der Waals surface area contributed by atoms with Crippen LogP contribution in [0.4, 0.5) is 14.0 Å². The van der Waals surface area contributed by atoms with Crippen LogP contribution in [0.2, 0.25) is 0 Å². The second-order valence-electron chi connectivity index (χ2n) is 8.34. The molecule has 7 heteroatoms. The summed E-state index contributed by atoms with van der Waals surface area (Å²) < 4.78 is 24.1. The largest absolute Gasteiger partial charge is 0.442 e. The summed E-state index contributed by atoms with van der Waals surface area (Å²) in [6.07, 6.45) is -1.38. The summed E-state index contributed by atoms with van der Waals surface area (Å²) >= 11 is 0. The van der Waals surface area contributed by atoms with Gasteiger partial charge in [0.15, 0.2) is 0 Å². The number of hydrogen-bond acceptors (Lipinski definition) is 4. The molecule has 0 aliphatic rings. The highest BCUT2D eigenvalue weighted by Gasteiger charge is 2.32. The summed E-state index contributed by atoms with van der Waals surface area (Å²) in [5.41, 5.74) is -0.305. The highest BCUT2D eigenvalue weighted by Crippen LogP contribution is 2.20. The number of hydrogen-bond donors (Lipinski definition) is 0. The molecule has 0 saturated heterocycles. The Kier molecular flexibility index (Phi) is 7.61. The maximum absolute atomic E-state index is 13.2. The van der Waals surface area contributed by atoms with Gasteiger partial charge in [0.05, 0.1) is 6.54 Å². The van der Waals surface area contributed by atoms with Crippen LogP contribution in [0.1, 0.15) is 54.0 Å². The second-order valence-corrected chi connectivity index (χ2v) is 8.34. The average molecular weight is 394 g/mol. The van der Waals surface area contributed by atoms with E-state index >= 15 is 0 Å². The van der Waals surface area contributed by atoms with Crippen molar-refractivity contribution in [3.63, 3.8) is 0 Å². The van der Waals surface area contributed by atoms with Crippen molar-refractivity contribution in [2.24, 2.45) is 0 Å². The van der Waals surface area contributed by atoms with E-state index in [1.807, 2.05) is 0 Å². The van der Waals surface area contributed by atoms with Crippen molar-refractivity contribution in [2.75, 3.05) is 13.1 Å². The van der Waals surface area contributed by atoms with Gasteiger partial charge in [0.25, 0.3) is 0 Å². The Morgan fingerprint density at radius 2 is 1.36 bits per heavy atom. The number of halogens is 1. The Morgan fingerprint density at radius 1 is 0.929 bits per heavy atom. The van der Waals surface area contributed by atoms with E-state index in [-0.39, 0.29) is 18.9 Å². The molecule has 0 bridgehead atoms. The first-order valence-electron chi connectivity index (χ1n) is 9.18. The zero-order chi connectivity index (χ0) is 21.7. The predicted molar refractivity (Wildman–Crippen MR) is 107 cm³/mol. The number of amides is 2. The van der Waals surface area contributed by atoms with Gasteiger partial charge in [0, 0.05) is 6.54 Å². The van der Waals surface area contributed by atoms with E-state index in [0.717, 1.165) is 5.01 Å². The van der Waals surface area contributed by atoms with E-state index in [1.165, 1.54) is 17.1 Å². The second kappa shape index (κ2) is 9.08. The average Bonchev–Trinajstić information content (AvgIpc) is 2.51. The third-order valence-electron chi connectivity index (χ3n) is 3.39. The fraction of sp³-hybridized carbons (Fsp3) is 0.524. The molecule has 0 unspecified atom stereocenters. The van der Waals surface area contributed by atoms with E-state index in [4.69, 9.17) is 9.47 Å². The lowest BCUT2D eigenvalue weighted by atomic mass is 10.1. The quantitative estimate of drug-likeness (QED) is 0.655. The number of carbonyl (C=O) groups is 2. The van der Waals surface area contributed by atoms with Gasteiger partial charge in [-0.1, -0.05) is 18.7 Å². The van der Waals surface area contributed by atoms with Gasteiger partial charge in [0.1, 0.15) is 17.0 Å². The van der Waals surface area contributed by atoms with Gasteiger partial charge in [-0.2, -0.15) is 0 Å². The van der Waals surface area contributed by atoms with Crippen LogP contribution in [0.5, 0.6) is 0 Å². The van der Waals surface area contributed by atoms with Gasteiger partial charge >= 0.3 is 12.2 Å². The molecule has 28 heavy (non-hydrogen) atoms. The lowest BCUT2D eigenvalue weighted by Crippen LogP contribution is -2.53. The fourth-order valence-corrected chi connectivity index (χ4v) is 2.23. The van der Waals surface area contributed by atoms with Crippen LogP contribution in [-0.2, 0) is 9.47 Å². The molecule has 1 aromatic rings. The van der Waals surface area contributed by atoms with E-state index in [1.54, 1.807) is 60.6 Å². The molecule has 2 amide bonds. The van der Waals surface area contributed by atoms with Gasteiger partial charge < -0.3 is 9.47 Å². The zero-order valence-corrected chi connectivity index (χ0v) is 17.8. The SMILES string of the molecule is C=C(CN(C(=O)OC(C)(C)C)N(CC)C(=O)OC(C)(C)C)c1ccc(F)cc1. The first kappa shape index (κ1) is 23.5. The molecule has 6 nitrogen and oxygen atoms in total. The molecule has 0 spiro atoms. The van der Waals surface area contributed by atoms with Crippen molar-refractivity contribution in [2.45, 2.75) is 59.7 Å². The van der Waals surface area contributed by atoms with E-state index in [0.29, 0.717) is 11.1 Å².